The average molecular weight is 646 g/mol. The molecule has 0 bridgehead atoms. The van der Waals surface area contributed by atoms with Gasteiger partial charge in [-0.05, 0) is 42.5 Å². The third-order valence-electron chi connectivity index (χ3n) is 6.86. The number of hydrogen-bond acceptors (Lipinski definition) is 12. The number of carbonyl (C=O) groups is 1. The number of ether oxygens (including phenoxy) is 2. The van der Waals surface area contributed by atoms with Crippen LogP contribution in [0.5, 0.6) is 0 Å². The summed E-state index contributed by atoms with van der Waals surface area (Å²) in [6, 6.07) is 16.2. The van der Waals surface area contributed by atoms with Gasteiger partial charge in [0.25, 0.3) is 0 Å². The van der Waals surface area contributed by atoms with Gasteiger partial charge in [-0.15, -0.1) is 11.3 Å². The minimum atomic E-state index is -1.75. The van der Waals surface area contributed by atoms with Gasteiger partial charge in [-0.25, -0.2) is 28.9 Å². The maximum Gasteiger partial charge on any atom is 0.374 e. The van der Waals surface area contributed by atoms with Crippen LogP contribution in [0.2, 0.25) is 0 Å². The molecule has 5 aromatic rings. The Morgan fingerprint density at radius 3 is 2.64 bits per heavy atom. The van der Waals surface area contributed by atoms with Gasteiger partial charge in [0.05, 0.1) is 53.5 Å². The molecule has 2 N–H and O–H groups in total. The van der Waals surface area contributed by atoms with E-state index in [0.717, 1.165) is 51.4 Å². The zero-order valence-electron chi connectivity index (χ0n) is 24.9. The maximum atomic E-state index is 13.0. The number of anilines is 4. The summed E-state index contributed by atoms with van der Waals surface area (Å²) in [7, 11) is -0.496. The van der Waals surface area contributed by atoms with E-state index in [9.17, 15) is 9.00 Å². The molecule has 0 saturated carbocycles. The van der Waals surface area contributed by atoms with Crippen molar-refractivity contribution >= 4 is 51.4 Å². The van der Waals surface area contributed by atoms with E-state index in [2.05, 4.69) is 43.5 Å². The first-order chi connectivity index (χ1) is 21.9. The van der Waals surface area contributed by atoms with Gasteiger partial charge in [-0.3, -0.25) is 4.72 Å². The predicted octanol–water partition coefficient (Wildman–Crippen LogP) is 5.88. The molecule has 1 aromatic carbocycles. The number of benzene rings is 1. The lowest BCUT2D eigenvalue weighted by atomic mass is 10.1. The Morgan fingerprint density at radius 2 is 1.89 bits per heavy atom. The molecule has 6 rings (SSSR count). The van der Waals surface area contributed by atoms with Crippen molar-refractivity contribution in [3.05, 3.63) is 77.8 Å². The second kappa shape index (κ2) is 13.5. The number of nitrogens with one attached hydrogen (secondary N) is 2. The minimum Gasteiger partial charge on any atom is -0.463 e. The molecule has 0 amide bonds. The van der Waals surface area contributed by atoms with Crippen LogP contribution in [-0.2, 0) is 20.5 Å². The molecule has 14 heteroatoms. The molecule has 1 unspecified atom stereocenters. The summed E-state index contributed by atoms with van der Waals surface area (Å²) >= 11 is 1.58. The Kier molecular flexibility index (Phi) is 9.14. The second-order valence-corrected chi connectivity index (χ2v) is 12.5. The van der Waals surface area contributed by atoms with Gasteiger partial charge in [-0.1, -0.05) is 26.0 Å². The van der Waals surface area contributed by atoms with Crippen LogP contribution in [-0.4, -0.2) is 63.5 Å². The summed E-state index contributed by atoms with van der Waals surface area (Å²) < 4.78 is 31.4. The largest absolute Gasteiger partial charge is 0.463 e. The Morgan fingerprint density at radius 1 is 1.04 bits per heavy atom. The molecular formula is C31H31N7O5S2. The lowest BCUT2D eigenvalue weighted by molar-refractivity contribution is 0.0559. The quantitative estimate of drug-likeness (QED) is 0.176. The molecule has 12 nitrogen and oxygen atoms in total. The number of thiazole rings is 1. The van der Waals surface area contributed by atoms with Crippen molar-refractivity contribution in [1.29, 1.82) is 0 Å². The normalized spacial score (nSPS) is 13.9. The molecular weight excluding hydrogens is 615 g/mol. The molecule has 1 atom stereocenters. The highest BCUT2D eigenvalue weighted by Gasteiger charge is 2.20. The molecule has 0 radical (unpaired) electrons. The van der Waals surface area contributed by atoms with E-state index in [-0.39, 0.29) is 16.8 Å². The van der Waals surface area contributed by atoms with Crippen LogP contribution in [0.25, 0.3) is 21.8 Å². The van der Waals surface area contributed by atoms with Gasteiger partial charge in [0.1, 0.15) is 5.82 Å². The van der Waals surface area contributed by atoms with Gasteiger partial charge in [0.2, 0.25) is 16.8 Å². The lowest BCUT2D eigenvalue weighted by Gasteiger charge is -2.27. The highest BCUT2D eigenvalue weighted by atomic mass is 32.2. The molecule has 5 heterocycles. The van der Waals surface area contributed by atoms with Gasteiger partial charge in [0, 0.05) is 36.5 Å². The smallest absolute Gasteiger partial charge is 0.374 e. The van der Waals surface area contributed by atoms with Gasteiger partial charge < -0.3 is 24.1 Å². The molecule has 1 aliphatic heterocycles. The first kappa shape index (κ1) is 30.4. The number of methoxy groups -OCH3 is 1. The number of esters is 1. The van der Waals surface area contributed by atoms with Crippen molar-refractivity contribution in [3.8, 4) is 21.8 Å². The zero-order chi connectivity index (χ0) is 31.3. The number of morpholine rings is 1. The summed E-state index contributed by atoms with van der Waals surface area (Å²) in [6.07, 6.45) is 3.49. The van der Waals surface area contributed by atoms with Crippen LogP contribution in [0.4, 0.5) is 23.1 Å². The van der Waals surface area contributed by atoms with Crippen molar-refractivity contribution in [2.75, 3.05) is 48.4 Å². The number of furan rings is 1. The fraction of sp³-hybridized carbons (Fsp3) is 0.258. The van der Waals surface area contributed by atoms with E-state index in [1.807, 2.05) is 36.4 Å². The Bertz CT molecular complexity index is 1820. The number of aromatic nitrogens is 4. The summed E-state index contributed by atoms with van der Waals surface area (Å²) in [5.41, 5.74) is 3.66. The first-order valence-corrected chi connectivity index (χ1v) is 16.2. The van der Waals surface area contributed by atoms with E-state index in [1.54, 1.807) is 29.8 Å². The van der Waals surface area contributed by atoms with Crippen molar-refractivity contribution in [3.63, 3.8) is 0 Å². The summed E-state index contributed by atoms with van der Waals surface area (Å²) in [5, 5.41) is 4.33. The van der Waals surface area contributed by atoms with Crippen LogP contribution in [0.3, 0.4) is 0 Å². The van der Waals surface area contributed by atoms with Crippen LogP contribution >= 0.6 is 11.3 Å². The fourth-order valence-electron chi connectivity index (χ4n) is 4.58. The molecule has 1 saturated heterocycles. The number of pyridine rings is 1. The lowest BCUT2D eigenvalue weighted by Crippen LogP contribution is -2.36. The van der Waals surface area contributed by atoms with Gasteiger partial charge in [0.15, 0.2) is 11.0 Å². The Balaban J connectivity index is 1.24. The summed E-state index contributed by atoms with van der Waals surface area (Å²) in [6.45, 7) is 7.23. The zero-order valence-corrected chi connectivity index (χ0v) is 26.5. The second-order valence-electron chi connectivity index (χ2n) is 10.3. The van der Waals surface area contributed by atoms with Crippen molar-refractivity contribution in [2.24, 2.45) is 0 Å². The van der Waals surface area contributed by atoms with E-state index in [0.29, 0.717) is 24.8 Å². The minimum absolute atomic E-state index is 0.0234. The third kappa shape index (κ3) is 7.03. The van der Waals surface area contributed by atoms with Gasteiger partial charge in [-0.2, -0.15) is 0 Å². The van der Waals surface area contributed by atoms with E-state index < -0.39 is 17.0 Å². The molecule has 0 aliphatic carbocycles. The van der Waals surface area contributed by atoms with Gasteiger partial charge >= 0.3 is 5.97 Å². The maximum absolute atomic E-state index is 13.0. The Labute approximate surface area is 266 Å². The average Bonchev–Trinajstić information content (AvgIpc) is 3.75. The number of rotatable bonds is 10. The van der Waals surface area contributed by atoms with Crippen LogP contribution in [0, 0.1) is 0 Å². The van der Waals surface area contributed by atoms with Crippen LogP contribution in [0.15, 0.2) is 76.5 Å². The van der Waals surface area contributed by atoms with E-state index in [1.165, 1.54) is 19.2 Å². The predicted molar refractivity (Wildman–Crippen MR) is 173 cm³/mol. The van der Waals surface area contributed by atoms with E-state index in [4.69, 9.17) is 19.1 Å². The fourth-order valence-corrected chi connectivity index (χ4v) is 6.44. The highest BCUT2D eigenvalue weighted by Crippen LogP contribution is 2.39. The number of nitrogens with zero attached hydrogens (tertiary/aromatic N) is 5. The SMILES string of the molecule is COC(=O)c1ccc(S(=O)Nc2cccc(-c3nc(C(C)C)sc3-c3ccnc(Nc4ccc(N5CCOCC5)nc4)n3)c2)o1. The topological polar surface area (TPSA) is 145 Å². The number of carbonyl (C=O) groups excluding carboxylic acids is 1. The molecule has 1 fully saturated rings. The first-order valence-electron chi connectivity index (χ1n) is 14.2. The van der Waals surface area contributed by atoms with Crippen molar-refractivity contribution in [1.82, 2.24) is 19.9 Å². The summed E-state index contributed by atoms with van der Waals surface area (Å²) in [5.74, 6) is 0.886. The Hall–Kier alpha value is -4.66. The molecule has 45 heavy (non-hydrogen) atoms. The van der Waals surface area contributed by atoms with Crippen molar-refractivity contribution < 1.29 is 22.9 Å². The summed E-state index contributed by atoms with van der Waals surface area (Å²) in [4.78, 5) is 33.6. The number of hydrogen-bond donors (Lipinski definition) is 2. The van der Waals surface area contributed by atoms with Crippen LogP contribution < -0.4 is 14.9 Å². The van der Waals surface area contributed by atoms with E-state index >= 15 is 0 Å². The van der Waals surface area contributed by atoms with Crippen molar-refractivity contribution in [2.45, 2.75) is 24.9 Å². The molecule has 4 aromatic heterocycles. The third-order valence-corrected chi connectivity index (χ3v) is 9.25. The standard InChI is InChI=1S/C31H31N7O5S2/c1-19(2)29-36-27(20-5-4-6-21(17-20)37-45(40)26-10-8-24(43-26)30(39)41-3)28(44-29)23-11-12-32-31(35-23)34-22-7-9-25(33-18-22)38-13-15-42-16-14-38/h4-12,17-19,37H,13-16H2,1-3H3,(H,32,34,35). The molecule has 1 aliphatic rings. The monoisotopic (exact) mass is 645 g/mol. The molecule has 232 valence electrons. The molecule has 0 spiro atoms. The van der Waals surface area contributed by atoms with Crippen LogP contribution in [0.1, 0.15) is 35.3 Å². The highest BCUT2D eigenvalue weighted by molar-refractivity contribution is 7.86.